The van der Waals surface area contributed by atoms with Crippen molar-refractivity contribution in [1.82, 2.24) is 9.88 Å². The molecule has 0 spiro atoms. The van der Waals surface area contributed by atoms with E-state index in [0.29, 0.717) is 11.1 Å². The number of carbonyl (C=O) groups is 1. The lowest BCUT2D eigenvalue weighted by molar-refractivity contribution is -0.187. The molecule has 7 nitrogen and oxygen atoms in total. The number of likely N-dealkylation sites (tertiary alicyclic amines) is 1. The number of carbonyl (C=O) groups excluding carboxylic acids is 1. The van der Waals surface area contributed by atoms with Gasteiger partial charge in [-0.15, -0.1) is 11.3 Å². The third kappa shape index (κ3) is 5.60. The van der Waals surface area contributed by atoms with Gasteiger partial charge in [0.25, 0.3) is 15.9 Å². The Hall–Kier alpha value is -2.70. The van der Waals surface area contributed by atoms with Gasteiger partial charge >= 0.3 is 6.18 Å². The number of nitrogens with one attached hydrogen (secondary N) is 1. The minimum atomic E-state index is -4.38. The number of aliphatic hydroxyl groups is 1. The molecule has 35 heavy (non-hydrogen) atoms. The molecule has 2 aromatic carbocycles. The van der Waals surface area contributed by atoms with Gasteiger partial charge in [0.2, 0.25) is 0 Å². The maximum absolute atomic E-state index is 12.9. The Bertz CT molecular complexity index is 1320. The first kappa shape index (κ1) is 25.4. The number of sulfonamides is 1. The van der Waals surface area contributed by atoms with Crippen LogP contribution in [0.5, 0.6) is 0 Å². The van der Waals surface area contributed by atoms with Gasteiger partial charge in [0.1, 0.15) is 10.4 Å². The number of alkyl halides is 3. The number of thiazole rings is 1. The summed E-state index contributed by atoms with van der Waals surface area (Å²) in [6.45, 7) is 1.31. The van der Waals surface area contributed by atoms with Crippen molar-refractivity contribution in [1.29, 1.82) is 0 Å². The molecule has 1 saturated heterocycles. The molecule has 0 aliphatic carbocycles. The summed E-state index contributed by atoms with van der Waals surface area (Å²) in [6, 6.07) is 10.8. The zero-order valence-corrected chi connectivity index (χ0v) is 20.4. The SMILES string of the molecule is CC(CC1(O)CCN(C(=O)c2ccc(NS(=O)(=O)c3cccc4scnc34)cc2)CC1)C(F)(F)F. The highest BCUT2D eigenvalue weighted by atomic mass is 32.2. The van der Waals surface area contributed by atoms with Gasteiger partial charge in [-0.25, -0.2) is 13.4 Å². The number of amides is 1. The summed E-state index contributed by atoms with van der Waals surface area (Å²) in [5, 5.41) is 10.6. The van der Waals surface area contributed by atoms with E-state index in [-0.39, 0.29) is 42.4 Å². The molecule has 1 fully saturated rings. The Balaban J connectivity index is 1.39. The summed E-state index contributed by atoms with van der Waals surface area (Å²) < 4.78 is 67.6. The van der Waals surface area contributed by atoms with Crippen LogP contribution in [0.4, 0.5) is 18.9 Å². The summed E-state index contributed by atoms with van der Waals surface area (Å²) in [5.41, 5.74) is 1.06. The van der Waals surface area contributed by atoms with E-state index in [1.54, 1.807) is 17.6 Å². The standard InChI is InChI=1S/C23H24F3N3O4S2/c1-15(23(24,25)26)13-22(31)9-11-29(12-10-22)21(30)16-5-7-17(8-6-16)28-35(32,33)19-4-2-3-18-20(19)27-14-34-18/h2-8,14-15,28,31H,9-13H2,1H3. The Labute approximate surface area is 204 Å². The molecule has 1 aliphatic heterocycles. The van der Waals surface area contributed by atoms with Gasteiger partial charge in [0.15, 0.2) is 0 Å². The normalized spacial score (nSPS) is 17.3. The summed E-state index contributed by atoms with van der Waals surface area (Å²) in [4.78, 5) is 18.5. The number of benzene rings is 2. The molecule has 2 N–H and O–H groups in total. The van der Waals surface area contributed by atoms with E-state index < -0.39 is 34.1 Å². The van der Waals surface area contributed by atoms with Crippen molar-refractivity contribution in [2.24, 2.45) is 5.92 Å². The third-order valence-electron chi connectivity index (χ3n) is 6.22. The molecule has 3 aromatic rings. The lowest BCUT2D eigenvalue weighted by Crippen LogP contribution is -2.48. The smallest absolute Gasteiger partial charge is 0.390 e. The topological polar surface area (TPSA) is 99.6 Å². The molecule has 1 unspecified atom stereocenters. The number of anilines is 1. The van der Waals surface area contributed by atoms with E-state index in [0.717, 1.165) is 11.6 Å². The van der Waals surface area contributed by atoms with Crippen molar-refractivity contribution in [2.45, 2.75) is 42.9 Å². The number of aromatic nitrogens is 1. The zero-order valence-electron chi connectivity index (χ0n) is 18.7. The molecule has 1 atom stereocenters. The maximum atomic E-state index is 12.9. The van der Waals surface area contributed by atoms with Crippen molar-refractivity contribution >= 4 is 43.2 Å². The quantitative estimate of drug-likeness (QED) is 0.486. The Morgan fingerprint density at radius 2 is 1.86 bits per heavy atom. The Morgan fingerprint density at radius 3 is 2.49 bits per heavy atom. The number of piperidine rings is 1. The van der Waals surface area contributed by atoms with Crippen LogP contribution in [0.3, 0.4) is 0 Å². The van der Waals surface area contributed by atoms with Crippen molar-refractivity contribution in [3.63, 3.8) is 0 Å². The van der Waals surface area contributed by atoms with Crippen LogP contribution >= 0.6 is 11.3 Å². The van der Waals surface area contributed by atoms with E-state index in [1.165, 1.54) is 46.6 Å². The van der Waals surface area contributed by atoms with E-state index in [2.05, 4.69) is 9.71 Å². The van der Waals surface area contributed by atoms with Crippen molar-refractivity contribution in [3.05, 3.63) is 53.5 Å². The Kier molecular flexibility index (Phi) is 6.82. The number of para-hydroxylation sites is 1. The fourth-order valence-corrected chi connectivity index (χ4v) is 6.17. The van der Waals surface area contributed by atoms with Crippen LogP contribution in [0, 0.1) is 5.92 Å². The van der Waals surface area contributed by atoms with Gasteiger partial charge in [-0.1, -0.05) is 13.0 Å². The number of hydrogen-bond acceptors (Lipinski definition) is 6. The monoisotopic (exact) mass is 527 g/mol. The molecule has 0 bridgehead atoms. The predicted octanol–water partition coefficient (Wildman–Crippen LogP) is 4.65. The summed E-state index contributed by atoms with van der Waals surface area (Å²) in [6.07, 6.45) is -4.67. The van der Waals surface area contributed by atoms with Gasteiger partial charge < -0.3 is 10.0 Å². The molecule has 0 saturated carbocycles. The van der Waals surface area contributed by atoms with Crippen molar-refractivity contribution in [2.75, 3.05) is 17.8 Å². The van der Waals surface area contributed by atoms with Crippen molar-refractivity contribution in [3.8, 4) is 0 Å². The second-order valence-electron chi connectivity index (χ2n) is 8.80. The van der Waals surface area contributed by atoms with Gasteiger partial charge in [-0.3, -0.25) is 9.52 Å². The predicted molar refractivity (Wildman–Crippen MR) is 127 cm³/mol. The van der Waals surface area contributed by atoms with Crippen LogP contribution in [-0.2, 0) is 10.0 Å². The van der Waals surface area contributed by atoms with Crippen molar-refractivity contribution < 1.29 is 31.5 Å². The van der Waals surface area contributed by atoms with Crippen LogP contribution in [-0.4, -0.2) is 54.2 Å². The second-order valence-corrected chi connectivity index (χ2v) is 11.3. The minimum Gasteiger partial charge on any atom is -0.390 e. The fraction of sp³-hybridized carbons (Fsp3) is 0.391. The Morgan fingerprint density at radius 1 is 1.20 bits per heavy atom. The van der Waals surface area contributed by atoms with Gasteiger partial charge in [0, 0.05) is 24.3 Å². The van der Waals surface area contributed by atoms with E-state index in [9.17, 15) is 31.5 Å². The van der Waals surface area contributed by atoms with E-state index in [4.69, 9.17) is 0 Å². The zero-order chi connectivity index (χ0) is 25.4. The van der Waals surface area contributed by atoms with E-state index >= 15 is 0 Å². The largest absolute Gasteiger partial charge is 0.391 e. The van der Waals surface area contributed by atoms with Crippen LogP contribution in [0.2, 0.25) is 0 Å². The van der Waals surface area contributed by atoms with Crippen LogP contribution in [0.15, 0.2) is 52.9 Å². The number of hydrogen-bond donors (Lipinski definition) is 2. The average molecular weight is 528 g/mol. The minimum absolute atomic E-state index is 0.0528. The molecule has 1 aromatic heterocycles. The first-order valence-electron chi connectivity index (χ1n) is 10.9. The van der Waals surface area contributed by atoms with Gasteiger partial charge in [-0.05, 0) is 55.7 Å². The van der Waals surface area contributed by atoms with Crippen LogP contribution in [0.25, 0.3) is 10.2 Å². The van der Waals surface area contributed by atoms with Gasteiger partial charge in [-0.2, -0.15) is 13.2 Å². The molecule has 0 radical (unpaired) electrons. The summed E-state index contributed by atoms with van der Waals surface area (Å²) in [7, 11) is -3.91. The molecule has 12 heteroatoms. The lowest BCUT2D eigenvalue weighted by atomic mass is 9.83. The second kappa shape index (κ2) is 9.40. The highest BCUT2D eigenvalue weighted by molar-refractivity contribution is 7.93. The highest BCUT2D eigenvalue weighted by Gasteiger charge is 2.43. The molecule has 4 rings (SSSR count). The number of rotatable bonds is 6. The molecule has 188 valence electrons. The number of fused-ring (bicyclic) bond motifs is 1. The third-order valence-corrected chi connectivity index (χ3v) is 8.43. The molecule has 2 heterocycles. The summed E-state index contributed by atoms with van der Waals surface area (Å²) >= 11 is 1.33. The first-order chi connectivity index (χ1) is 16.4. The van der Waals surface area contributed by atoms with E-state index in [1.807, 2.05) is 0 Å². The number of halogens is 3. The molecular weight excluding hydrogens is 503 g/mol. The molecular formula is C23H24F3N3O4S2. The number of nitrogens with zero attached hydrogens (tertiary/aromatic N) is 2. The molecule has 1 aliphatic rings. The molecule has 1 amide bonds. The highest BCUT2D eigenvalue weighted by Crippen LogP contribution is 2.36. The average Bonchev–Trinajstić information content (AvgIpc) is 3.27. The van der Waals surface area contributed by atoms with Crippen LogP contribution in [0.1, 0.15) is 36.5 Å². The fourth-order valence-electron chi connectivity index (χ4n) is 4.17. The van der Waals surface area contributed by atoms with Crippen LogP contribution < -0.4 is 4.72 Å². The maximum Gasteiger partial charge on any atom is 0.391 e. The summed E-state index contributed by atoms with van der Waals surface area (Å²) in [5.74, 6) is -1.97. The van der Waals surface area contributed by atoms with Gasteiger partial charge in [0.05, 0.1) is 21.7 Å². The first-order valence-corrected chi connectivity index (χ1v) is 13.3. The lowest BCUT2D eigenvalue weighted by Gasteiger charge is -2.39.